The van der Waals surface area contributed by atoms with Gasteiger partial charge in [0.25, 0.3) is 11.8 Å². The largest absolute Gasteiger partial charge is 0.358 e. The van der Waals surface area contributed by atoms with E-state index in [4.69, 9.17) is 12.2 Å². The lowest BCUT2D eigenvalue weighted by Gasteiger charge is -2.38. The molecular formula is C36H36N4O4S2. The summed E-state index contributed by atoms with van der Waals surface area (Å²) in [5.41, 5.74) is 3.39. The molecule has 1 aliphatic heterocycles. The number of thiocarbonyl (C=S) groups is 1. The van der Waals surface area contributed by atoms with Gasteiger partial charge in [-0.25, -0.2) is 13.1 Å². The second-order valence-corrected chi connectivity index (χ2v) is 13.9. The van der Waals surface area contributed by atoms with Crippen molar-refractivity contribution >= 4 is 39.2 Å². The van der Waals surface area contributed by atoms with Crippen molar-refractivity contribution in [3.63, 3.8) is 0 Å². The fourth-order valence-electron chi connectivity index (χ4n) is 6.41. The standard InChI is InChI=1S/C36H36N4O4S2/c1-24-20-22-27(23-21-24)46(43,44)39-33(26-14-6-3-7-15-26)32(25-12-4-2-5-13-25)38-36(45)37-30-18-10-11-19-31(30)40-34(41)28-16-8-9-17-29(28)35(40)42/h2-9,12-17,20-23,30-33,39H,10-11,18-19H2,1H3,(H2,37,38,45)/t30-,31-,32-,33-/m1/s1. The van der Waals surface area contributed by atoms with Crippen LogP contribution in [0.25, 0.3) is 0 Å². The molecule has 0 spiro atoms. The summed E-state index contributed by atoms with van der Waals surface area (Å²) in [6.07, 6.45) is 3.19. The smallest absolute Gasteiger partial charge is 0.261 e. The molecule has 46 heavy (non-hydrogen) atoms. The van der Waals surface area contributed by atoms with E-state index < -0.39 is 22.1 Å². The minimum absolute atomic E-state index is 0.164. The Kier molecular flexibility index (Phi) is 9.30. The van der Waals surface area contributed by atoms with Crippen molar-refractivity contribution in [1.82, 2.24) is 20.3 Å². The summed E-state index contributed by atoms with van der Waals surface area (Å²) in [5.74, 6) is -0.565. The molecule has 0 aromatic heterocycles. The zero-order valence-corrected chi connectivity index (χ0v) is 27.1. The number of aryl methyl sites for hydroxylation is 1. The van der Waals surface area contributed by atoms with Crippen LogP contribution in [0.2, 0.25) is 0 Å². The summed E-state index contributed by atoms with van der Waals surface area (Å²) >= 11 is 5.90. The monoisotopic (exact) mass is 652 g/mol. The van der Waals surface area contributed by atoms with Crippen LogP contribution in [-0.2, 0) is 10.0 Å². The van der Waals surface area contributed by atoms with Crippen molar-refractivity contribution in [2.45, 2.75) is 61.7 Å². The van der Waals surface area contributed by atoms with Gasteiger partial charge in [0, 0.05) is 6.04 Å². The van der Waals surface area contributed by atoms with Gasteiger partial charge in [-0.1, -0.05) is 103 Å². The average molecular weight is 653 g/mol. The van der Waals surface area contributed by atoms with Crippen LogP contribution in [0.15, 0.2) is 114 Å². The average Bonchev–Trinajstić information content (AvgIpc) is 3.33. The molecule has 10 heteroatoms. The number of amides is 2. The van der Waals surface area contributed by atoms with Gasteiger partial charge in [0.05, 0.1) is 34.1 Å². The summed E-state index contributed by atoms with van der Waals surface area (Å²) in [5, 5.41) is 7.14. The Labute approximate surface area is 275 Å². The van der Waals surface area contributed by atoms with Crippen LogP contribution in [0.5, 0.6) is 0 Å². The van der Waals surface area contributed by atoms with E-state index >= 15 is 0 Å². The lowest BCUT2D eigenvalue weighted by atomic mass is 9.89. The highest BCUT2D eigenvalue weighted by Crippen LogP contribution is 2.33. The number of nitrogens with zero attached hydrogens (tertiary/aromatic N) is 1. The molecule has 236 valence electrons. The first-order chi connectivity index (χ1) is 22.2. The summed E-state index contributed by atoms with van der Waals surface area (Å²) in [6.45, 7) is 1.91. The Balaban J connectivity index is 1.29. The number of carbonyl (C=O) groups is 2. The first-order valence-corrected chi connectivity index (χ1v) is 17.3. The van der Waals surface area contributed by atoms with Crippen LogP contribution in [0.1, 0.15) is 75.2 Å². The number of fused-ring (bicyclic) bond motifs is 1. The summed E-state index contributed by atoms with van der Waals surface area (Å²) in [4.78, 5) is 28.3. The third-order valence-corrected chi connectivity index (χ3v) is 10.4. The van der Waals surface area contributed by atoms with Gasteiger partial charge in [-0.15, -0.1) is 0 Å². The fourth-order valence-corrected chi connectivity index (χ4v) is 7.93. The molecule has 1 aliphatic carbocycles. The van der Waals surface area contributed by atoms with Gasteiger partial charge in [0.1, 0.15) is 0 Å². The zero-order valence-electron chi connectivity index (χ0n) is 25.4. The minimum atomic E-state index is -3.93. The Bertz CT molecular complexity index is 1800. The lowest BCUT2D eigenvalue weighted by Crippen LogP contribution is -2.57. The van der Waals surface area contributed by atoms with Crippen LogP contribution in [0.3, 0.4) is 0 Å². The molecule has 0 bridgehead atoms. The molecule has 1 heterocycles. The molecule has 8 nitrogen and oxygen atoms in total. The van der Waals surface area contributed by atoms with Gasteiger partial charge in [0.15, 0.2) is 5.11 Å². The van der Waals surface area contributed by atoms with E-state index in [9.17, 15) is 18.0 Å². The van der Waals surface area contributed by atoms with Gasteiger partial charge in [0.2, 0.25) is 10.0 Å². The Morgan fingerprint density at radius 1 is 0.739 bits per heavy atom. The number of hydrogen-bond acceptors (Lipinski definition) is 5. The second-order valence-electron chi connectivity index (χ2n) is 11.8. The van der Waals surface area contributed by atoms with Crippen LogP contribution in [0, 0.1) is 6.92 Å². The molecule has 4 aromatic carbocycles. The van der Waals surface area contributed by atoms with E-state index in [1.165, 1.54) is 4.90 Å². The van der Waals surface area contributed by atoms with Crippen molar-refractivity contribution in [3.8, 4) is 0 Å². The van der Waals surface area contributed by atoms with Crippen LogP contribution >= 0.6 is 12.2 Å². The Hall–Kier alpha value is -4.38. The van der Waals surface area contributed by atoms with E-state index in [0.717, 1.165) is 36.0 Å². The quantitative estimate of drug-likeness (QED) is 0.154. The van der Waals surface area contributed by atoms with Crippen molar-refractivity contribution in [2.24, 2.45) is 0 Å². The third-order valence-electron chi connectivity index (χ3n) is 8.75. The van der Waals surface area contributed by atoms with Gasteiger partial charge < -0.3 is 10.6 Å². The maximum absolute atomic E-state index is 13.8. The van der Waals surface area contributed by atoms with Crippen molar-refractivity contribution in [3.05, 3.63) is 137 Å². The predicted octanol–water partition coefficient (Wildman–Crippen LogP) is 5.83. The van der Waals surface area contributed by atoms with Crippen LogP contribution in [0.4, 0.5) is 0 Å². The summed E-state index contributed by atoms with van der Waals surface area (Å²) in [7, 11) is -3.93. The lowest BCUT2D eigenvalue weighted by molar-refractivity contribution is 0.0515. The zero-order chi connectivity index (χ0) is 32.3. The van der Waals surface area contributed by atoms with E-state index in [2.05, 4.69) is 15.4 Å². The first-order valence-electron chi connectivity index (χ1n) is 15.5. The molecule has 0 radical (unpaired) electrons. The minimum Gasteiger partial charge on any atom is -0.358 e. The predicted molar refractivity (Wildman–Crippen MR) is 182 cm³/mol. The normalized spacial score (nSPS) is 19.3. The van der Waals surface area contributed by atoms with E-state index in [-0.39, 0.29) is 28.8 Å². The number of imide groups is 1. The highest BCUT2D eigenvalue weighted by atomic mass is 32.2. The number of nitrogens with one attached hydrogen (secondary N) is 3. The number of carbonyl (C=O) groups excluding carboxylic acids is 2. The van der Waals surface area contributed by atoms with Crippen molar-refractivity contribution in [1.29, 1.82) is 0 Å². The Morgan fingerprint density at radius 2 is 1.26 bits per heavy atom. The molecule has 6 rings (SSSR count). The van der Waals surface area contributed by atoms with Crippen LogP contribution in [-0.4, -0.2) is 42.3 Å². The third kappa shape index (κ3) is 6.60. The summed E-state index contributed by atoms with van der Waals surface area (Å²) in [6, 6.07) is 30.6. The number of rotatable bonds is 9. The molecule has 4 atom stereocenters. The SMILES string of the molecule is Cc1ccc(S(=O)(=O)N[C@H](c2ccccc2)[C@H](NC(=S)N[C@@H]2CCCC[C@H]2N2C(=O)c3ccccc3C2=O)c2ccccc2)cc1. The number of benzene rings is 4. The molecule has 0 unspecified atom stereocenters. The molecule has 1 saturated carbocycles. The maximum Gasteiger partial charge on any atom is 0.261 e. The molecule has 3 N–H and O–H groups in total. The van der Waals surface area contributed by atoms with Gasteiger partial charge in [-0.2, -0.15) is 0 Å². The Morgan fingerprint density at radius 3 is 1.85 bits per heavy atom. The van der Waals surface area contributed by atoms with Gasteiger partial charge in [-0.05, 0) is 67.4 Å². The van der Waals surface area contributed by atoms with Gasteiger partial charge in [-0.3, -0.25) is 14.5 Å². The van der Waals surface area contributed by atoms with Crippen molar-refractivity contribution < 1.29 is 18.0 Å². The van der Waals surface area contributed by atoms with E-state index in [1.54, 1.807) is 48.5 Å². The fraction of sp³-hybridized carbons (Fsp3) is 0.250. The van der Waals surface area contributed by atoms with Gasteiger partial charge >= 0.3 is 0 Å². The number of hydrogen-bond donors (Lipinski definition) is 3. The number of sulfonamides is 1. The molecule has 1 fully saturated rings. The molecule has 2 amide bonds. The molecule has 0 saturated heterocycles. The molecule has 4 aromatic rings. The van der Waals surface area contributed by atoms with E-state index in [1.807, 2.05) is 67.6 Å². The molecular weight excluding hydrogens is 617 g/mol. The van der Waals surface area contributed by atoms with Crippen LogP contribution < -0.4 is 15.4 Å². The first kappa shape index (κ1) is 31.6. The highest BCUT2D eigenvalue weighted by Gasteiger charge is 2.43. The van der Waals surface area contributed by atoms with E-state index in [0.29, 0.717) is 22.7 Å². The molecule has 2 aliphatic rings. The maximum atomic E-state index is 13.8. The second kappa shape index (κ2) is 13.5. The van der Waals surface area contributed by atoms with Crippen molar-refractivity contribution in [2.75, 3.05) is 0 Å². The summed E-state index contributed by atoms with van der Waals surface area (Å²) < 4.78 is 30.5. The highest BCUT2D eigenvalue weighted by molar-refractivity contribution is 7.89. The topological polar surface area (TPSA) is 108 Å².